The summed E-state index contributed by atoms with van der Waals surface area (Å²) in [4.78, 5) is 23.9. The Morgan fingerprint density at radius 1 is 1.22 bits per heavy atom. The van der Waals surface area contributed by atoms with Crippen LogP contribution in [0.5, 0.6) is 0 Å². The first-order valence-electron chi connectivity index (χ1n) is 7.89. The van der Waals surface area contributed by atoms with Crippen LogP contribution in [0, 0.1) is 5.92 Å². The third-order valence-electron chi connectivity index (χ3n) is 4.99. The van der Waals surface area contributed by atoms with Crippen LogP contribution in [0.15, 0.2) is 24.3 Å². The Morgan fingerprint density at radius 3 is 2.48 bits per heavy atom. The number of halogens is 1. The Hall–Kier alpha value is -1.59. The van der Waals surface area contributed by atoms with Gasteiger partial charge in [0, 0.05) is 24.3 Å². The Morgan fingerprint density at radius 2 is 1.87 bits per heavy atom. The first-order valence-corrected chi connectivity index (χ1v) is 8.27. The first kappa shape index (κ1) is 16.3. The van der Waals surface area contributed by atoms with Crippen molar-refractivity contribution in [1.29, 1.82) is 0 Å². The highest BCUT2D eigenvalue weighted by atomic mass is 35.5. The average molecular weight is 338 g/mol. The molecule has 3 rings (SSSR count). The predicted octanol–water partition coefficient (Wildman–Crippen LogP) is 2.37. The highest BCUT2D eigenvalue weighted by Gasteiger charge is 2.45. The molecule has 5 nitrogen and oxygen atoms in total. The highest BCUT2D eigenvalue weighted by Crippen LogP contribution is 2.39. The number of aliphatic carboxylic acids is 1. The van der Waals surface area contributed by atoms with E-state index in [1.54, 1.807) is 6.07 Å². The number of carboxylic acid groups (broad SMARTS) is 1. The van der Waals surface area contributed by atoms with Gasteiger partial charge in [0.05, 0.1) is 11.3 Å². The van der Waals surface area contributed by atoms with Crippen LogP contribution < -0.4 is 5.32 Å². The molecule has 1 aliphatic carbocycles. The summed E-state index contributed by atoms with van der Waals surface area (Å²) in [5, 5.41) is 12.6. The van der Waals surface area contributed by atoms with E-state index in [2.05, 4.69) is 5.32 Å². The quantitative estimate of drug-likeness (QED) is 0.884. The summed E-state index contributed by atoms with van der Waals surface area (Å²) < 4.78 is 5.43. The van der Waals surface area contributed by atoms with Gasteiger partial charge in [-0.1, -0.05) is 29.8 Å². The molecular formula is C17H20ClNO4. The van der Waals surface area contributed by atoms with Gasteiger partial charge >= 0.3 is 5.97 Å². The van der Waals surface area contributed by atoms with Crippen molar-refractivity contribution in [3.05, 3.63) is 34.9 Å². The zero-order valence-electron chi connectivity index (χ0n) is 12.8. The van der Waals surface area contributed by atoms with Gasteiger partial charge in [-0.15, -0.1) is 0 Å². The van der Waals surface area contributed by atoms with Gasteiger partial charge in [-0.05, 0) is 37.3 Å². The highest BCUT2D eigenvalue weighted by molar-refractivity contribution is 6.31. The Kier molecular flexibility index (Phi) is 4.60. The maximum absolute atomic E-state index is 13.0. The lowest BCUT2D eigenvalue weighted by molar-refractivity contribution is -0.147. The molecule has 0 atom stereocenters. The van der Waals surface area contributed by atoms with Gasteiger partial charge < -0.3 is 15.2 Å². The molecule has 0 bridgehead atoms. The average Bonchev–Trinajstić information content (AvgIpc) is 2.51. The summed E-state index contributed by atoms with van der Waals surface area (Å²) in [7, 11) is 0. The van der Waals surface area contributed by atoms with Gasteiger partial charge in [0.1, 0.15) is 0 Å². The molecule has 0 aromatic heterocycles. The maximum atomic E-state index is 13.0. The number of benzene rings is 1. The third kappa shape index (κ3) is 3.08. The molecule has 1 heterocycles. The molecule has 1 saturated heterocycles. The summed E-state index contributed by atoms with van der Waals surface area (Å²) >= 11 is 6.34. The molecular weight excluding hydrogens is 318 g/mol. The minimum atomic E-state index is -0.789. The fourth-order valence-corrected chi connectivity index (χ4v) is 3.77. The molecule has 23 heavy (non-hydrogen) atoms. The number of ether oxygens (including phenoxy) is 1. The second-order valence-corrected chi connectivity index (χ2v) is 6.76. The van der Waals surface area contributed by atoms with Crippen LogP contribution in [-0.4, -0.2) is 36.2 Å². The normalized spacial score (nSPS) is 26.1. The van der Waals surface area contributed by atoms with E-state index in [0.29, 0.717) is 43.9 Å². The molecule has 6 heteroatoms. The van der Waals surface area contributed by atoms with Crippen molar-refractivity contribution in [2.45, 2.75) is 37.1 Å². The fraction of sp³-hybridized carbons (Fsp3) is 0.529. The van der Waals surface area contributed by atoms with Crippen molar-refractivity contribution in [3.8, 4) is 0 Å². The van der Waals surface area contributed by atoms with Gasteiger partial charge in [0.15, 0.2) is 0 Å². The zero-order chi connectivity index (χ0) is 16.4. The Balaban J connectivity index is 1.78. The van der Waals surface area contributed by atoms with Crippen LogP contribution in [0.25, 0.3) is 0 Å². The van der Waals surface area contributed by atoms with E-state index in [1.165, 1.54) is 0 Å². The number of amides is 1. The lowest BCUT2D eigenvalue weighted by Crippen LogP contribution is -2.54. The summed E-state index contributed by atoms with van der Waals surface area (Å²) in [5.74, 6) is -1.20. The minimum Gasteiger partial charge on any atom is -0.481 e. The number of carbonyl (C=O) groups excluding carboxylic acids is 1. The van der Waals surface area contributed by atoms with Crippen LogP contribution >= 0.6 is 11.6 Å². The van der Waals surface area contributed by atoms with Crippen LogP contribution in [0.4, 0.5) is 0 Å². The summed E-state index contributed by atoms with van der Waals surface area (Å²) in [6.07, 6.45) is 2.15. The topological polar surface area (TPSA) is 75.6 Å². The van der Waals surface area contributed by atoms with Crippen molar-refractivity contribution in [3.63, 3.8) is 0 Å². The molecule has 1 aromatic rings. The number of hydrogen-bond donors (Lipinski definition) is 2. The number of carboxylic acids is 1. The molecule has 1 aromatic carbocycles. The summed E-state index contributed by atoms with van der Waals surface area (Å²) in [6.45, 7) is 1.03. The van der Waals surface area contributed by atoms with Crippen LogP contribution in [-0.2, 0) is 19.7 Å². The Labute approximate surface area is 140 Å². The number of hydrogen-bond acceptors (Lipinski definition) is 3. The first-order chi connectivity index (χ1) is 11.0. The molecule has 2 fully saturated rings. The van der Waals surface area contributed by atoms with Gasteiger partial charge in [-0.25, -0.2) is 0 Å². The van der Waals surface area contributed by atoms with E-state index in [1.807, 2.05) is 18.2 Å². The van der Waals surface area contributed by atoms with Gasteiger partial charge in [0.25, 0.3) is 0 Å². The second kappa shape index (κ2) is 6.49. The molecule has 1 aliphatic heterocycles. The molecule has 0 spiro atoms. The molecule has 0 unspecified atom stereocenters. The van der Waals surface area contributed by atoms with Crippen molar-refractivity contribution in [2.75, 3.05) is 13.2 Å². The molecule has 1 amide bonds. The summed E-state index contributed by atoms with van der Waals surface area (Å²) in [5.41, 5.74) is 0.141. The molecule has 2 N–H and O–H groups in total. The third-order valence-corrected chi connectivity index (χ3v) is 5.32. The molecule has 0 radical (unpaired) electrons. The zero-order valence-corrected chi connectivity index (χ0v) is 13.5. The maximum Gasteiger partial charge on any atom is 0.306 e. The lowest BCUT2D eigenvalue weighted by Gasteiger charge is -2.40. The largest absolute Gasteiger partial charge is 0.481 e. The van der Waals surface area contributed by atoms with Crippen molar-refractivity contribution >= 4 is 23.5 Å². The predicted molar refractivity (Wildman–Crippen MR) is 85.5 cm³/mol. The van der Waals surface area contributed by atoms with E-state index in [4.69, 9.17) is 21.4 Å². The fourth-order valence-electron chi connectivity index (χ4n) is 3.45. The van der Waals surface area contributed by atoms with E-state index in [0.717, 1.165) is 5.56 Å². The van der Waals surface area contributed by atoms with E-state index < -0.39 is 11.4 Å². The lowest BCUT2D eigenvalue weighted by atomic mass is 9.72. The van der Waals surface area contributed by atoms with Crippen molar-refractivity contribution in [2.24, 2.45) is 5.92 Å². The van der Waals surface area contributed by atoms with Gasteiger partial charge in [-0.2, -0.15) is 0 Å². The van der Waals surface area contributed by atoms with Crippen LogP contribution in [0.1, 0.15) is 31.2 Å². The number of rotatable bonds is 4. The second-order valence-electron chi connectivity index (χ2n) is 6.35. The van der Waals surface area contributed by atoms with E-state index >= 15 is 0 Å². The Bertz CT molecular complexity index is 606. The standard InChI is InChI=1S/C17H20ClNO4/c18-14-4-2-1-3-13(14)17(5-7-23-8-6-17)16(22)19-12-9-11(10-12)15(20)21/h1-4,11-12H,5-10H2,(H,19,22)(H,20,21). The SMILES string of the molecule is O=C(O)C1CC(NC(=O)C2(c3ccccc3Cl)CCOCC2)C1. The van der Waals surface area contributed by atoms with Crippen molar-refractivity contribution < 1.29 is 19.4 Å². The van der Waals surface area contributed by atoms with E-state index in [9.17, 15) is 9.59 Å². The van der Waals surface area contributed by atoms with Crippen LogP contribution in [0.2, 0.25) is 5.02 Å². The molecule has 2 aliphatic rings. The van der Waals surface area contributed by atoms with Crippen LogP contribution in [0.3, 0.4) is 0 Å². The van der Waals surface area contributed by atoms with Crippen molar-refractivity contribution in [1.82, 2.24) is 5.32 Å². The molecule has 1 saturated carbocycles. The van der Waals surface area contributed by atoms with Gasteiger partial charge in [-0.3, -0.25) is 9.59 Å². The minimum absolute atomic E-state index is 0.0641. The number of carbonyl (C=O) groups is 2. The smallest absolute Gasteiger partial charge is 0.306 e. The monoisotopic (exact) mass is 337 g/mol. The van der Waals surface area contributed by atoms with E-state index in [-0.39, 0.29) is 17.9 Å². The molecule has 124 valence electrons. The summed E-state index contributed by atoms with van der Waals surface area (Å²) in [6, 6.07) is 7.36. The van der Waals surface area contributed by atoms with Gasteiger partial charge in [0.2, 0.25) is 5.91 Å². The number of nitrogens with one attached hydrogen (secondary N) is 1.